The van der Waals surface area contributed by atoms with E-state index in [2.05, 4.69) is 20.8 Å². The maximum absolute atomic E-state index is 5.82. The van der Waals surface area contributed by atoms with Crippen molar-refractivity contribution in [2.24, 2.45) is 5.92 Å². The molecule has 2 N–H and O–H groups in total. The van der Waals surface area contributed by atoms with Crippen LogP contribution in [-0.2, 0) is 11.3 Å². The first-order valence-corrected chi connectivity index (χ1v) is 5.58. The average Bonchev–Trinajstić information content (AvgIpc) is 2.25. The quantitative estimate of drug-likeness (QED) is 0.781. The third-order valence-corrected chi connectivity index (χ3v) is 2.75. The number of ether oxygens (including phenoxy) is 2. The second-order valence-corrected chi connectivity index (χ2v) is 4.34. The smallest absolute Gasteiger partial charge is 0.141 e. The molecule has 0 aliphatic heterocycles. The molecule has 0 spiro atoms. The second-order valence-electron chi connectivity index (χ2n) is 4.34. The molecule has 90 valence electrons. The lowest BCUT2D eigenvalue weighted by atomic mass is 10.1. The van der Waals surface area contributed by atoms with Crippen LogP contribution in [0.3, 0.4) is 0 Å². The third kappa shape index (κ3) is 3.42. The highest BCUT2D eigenvalue weighted by Crippen LogP contribution is 2.22. The van der Waals surface area contributed by atoms with Gasteiger partial charge in [0.2, 0.25) is 0 Å². The van der Waals surface area contributed by atoms with Gasteiger partial charge in [0.25, 0.3) is 0 Å². The number of rotatable bonds is 5. The first kappa shape index (κ1) is 12.8. The molecule has 0 fully saturated rings. The van der Waals surface area contributed by atoms with Crippen molar-refractivity contribution < 1.29 is 9.47 Å². The number of benzene rings is 1. The maximum atomic E-state index is 5.82. The Labute approximate surface area is 97.6 Å². The predicted molar refractivity (Wildman–Crippen MR) is 66.5 cm³/mol. The van der Waals surface area contributed by atoms with Crippen LogP contribution in [-0.4, -0.2) is 13.2 Å². The molecule has 3 heteroatoms. The largest absolute Gasteiger partial charge is 0.495 e. The zero-order valence-corrected chi connectivity index (χ0v) is 10.5. The van der Waals surface area contributed by atoms with Crippen molar-refractivity contribution >= 4 is 5.69 Å². The summed E-state index contributed by atoms with van der Waals surface area (Å²) in [4.78, 5) is 0. The summed E-state index contributed by atoms with van der Waals surface area (Å²) in [6.07, 6.45) is 0.253. The highest BCUT2D eigenvalue weighted by atomic mass is 16.5. The van der Waals surface area contributed by atoms with Gasteiger partial charge in [-0.2, -0.15) is 0 Å². The topological polar surface area (TPSA) is 44.5 Å². The molecule has 0 radical (unpaired) electrons. The molecule has 0 saturated heterocycles. The summed E-state index contributed by atoms with van der Waals surface area (Å²) in [7, 11) is 1.61. The van der Waals surface area contributed by atoms with Crippen molar-refractivity contribution in [2.45, 2.75) is 33.5 Å². The highest BCUT2D eigenvalue weighted by molar-refractivity contribution is 5.54. The van der Waals surface area contributed by atoms with Gasteiger partial charge < -0.3 is 15.2 Å². The van der Waals surface area contributed by atoms with Gasteiger partial charge in [0, 0.05) is 0 Å². The molecule has 0 aliphatic rings. The summed E-state index contributed by atoms with van der Waals surface area (Å²) in [5.74, 6) is 1.23. The molecule has 1 aromatic carbocycles. The summed E-state index contributed by atoms with van der Waals surface area (Å²) in [5.41, 5.74) is 7.55. The van der Waals surface area contributed by atoms with Crippen molar-refractivity contribution in [3.05, 3.63) is 23.8 Å². The molecule has 1 atom stereocenters. The van der Waals surface area contributed by atoms with Crippen LogP contribution >= 0.6 is 0 Å². The van der Waals surface area contributed by atoms with Crippen LogP contribution < -0.4 is 10.5 Å². The summed E-state index contributed by atoms with van der Waals surface area (Å²) < 4.78 is 10.8. The molecule has 3 nitrogen and oxygen atoms in total. The van der Waals surface area contributed by atoms with Gasteiger partial charge in [-0.25, -0.2) is 0 Å². The molecule has 1 aromatic rings. The van der Waals surface area contributed by atoms with E-state index in [0.29, 0.717) is 24.0 Å². The fraction of sp³-hybridized carbons (Fsp3) is 0.538. The standard InChI is InChI=1S/C13H21NO2/c1-9(2)10(3)16-8-11-5-6-13(15-4)12(14)7-11/h5-7,9-10H,8,14H2,1-4H3. The molecule has 0 aliphatic carbocycles. The van der Waals surface area contributed by atoms with Gasteiger partial charge in [0.1, 0.15) is 5.75 Å². The summed E-state index contributed by atoms with van der Waals surface area (Å²) in [6, 6.07) is 5.74. The number of anilines is 1. The van der Waals surface area contributed by atoms with Crippen LogP contribution in [0.15, 0.2) is 18.2 Å². The Kier molecular flexibility index (Phi) is 4.62. The summed E-state index contributed by atoms with van der Waals surface area (Å²) >= 11 is 0. The van der Waals surface area contributed by atoms with Crippen LogP contribution in [0.1, 0.15) is 26.3 Å². The van der Waals surface area contributed by atoms with Gasteiger partial charge in [-0.15, -0.1) is 0 Å². The van der Waals surface area contributed by atoms with Crippen LogP contribution in [0, 0.1) is 5.92 Å². The number of nitrogens with two attached hydrogens (primary N) is 1. The summed E-state index contributed by atoms with van der Waals surface area (Å²) in [6.45, 7) is 6.96. The van der Waals surface area contributed by atoms with E-state index >= 15 is 0 Å². The van der Waals surface area contributed by atoms with Crippen molar-refractivity contribution in [1.82, 2.24) is 0 Å². The normalized spacial score (nSPS) is 12.8. The zero-order chi connectivity index (χ0) is 12.1. The van der Waals surface area contributed by atoms with Crippen LogP contribution in [0.2, 0.25) is 0 Å². The van der Waals surface area contributed by atoms with E-state index in [1.165, 1.54) is 0 Å². The Morgan fingerprint density at radius 2 is 1.94 bits per heavy atom. The highest BCUT2D eigenvalue weighted by Gasteiger charge is 2.08. The van der Waals surface area contributed by atoms with Crippen LogP contribution in [0.4, 0.5) is 5.69 Å². The van der Waals surface area contributed by atoms with Crippen LogP contribution in [0.5, 0.6) is 5.75 Å². The molecular weight excluding hydrogens is 202 g/mol. The molecule has 0 amide bonds. The first-order chi connectivity index (χ1) is 7.54. The molecule has 0 bridgehead atoms. The minimum atomic E-state index is 0.253. The number of nitrogen functional groups attached to an aromatic ring is 1. The summed E-state index contributed by atoms with van der Waals surface area (Å²) in [5, 5.41) is 0. The number of hydrogen-bond acceptors (Lipinski definition) is 3. The Bertz CT molecular complexity index is 337. The van der Waals surface area contributed by atoms with Crippen molar-refractivity contribution in [3.8, 4) is 5.75 Å². The minimum Gasteiger partial charge on any atom is -0.495 e. The van der Waals surface area contributed by atoms with Crippen molar-refractivity contribution in [1.29, 1.82) is 0 Å². The predicted octanol–water partition coefficient (Wildman–Crippen LogP) is 2.84. The lowest BCUT2D eigenvalue weighted by Gasteiger charge is -2.17. The number of methoxy groups -OCH3 is 1. The lowest BCUT2D eigenvalue weighted by Crippen LogP contribution is -2.15. The van der Waals surface area contributed by atoms with Gasteiger partial charge >= 0.3 is 0 Å². The maximum Gasteiger partial charge on any atom is 0.141 e. The lowest BCUT2D eigenvalue weighted by molar-refractivity contribution is 0.0235. The average molecular weight is 223 g/mol. The first-order valence-electron chi connectivity index (χ1n) is 5.58. The molecule has 0 heterocycles. The second kappa shape index (κ2) is 5.75. The SMILES string of the molecule is COc1ccc(COC(C)C(C)C)cc1N. The Hall–Kier alpha value is -1.22. The molecule has 16 heavy (non-hydrogen) atoms. The third-order valence-electron chi connectivity index (χ3n) is 2.75. The molecular formula is C13H21NO2. The van der Waals surface area contributed by atoms with Gasteiger partial charge in [0.15, 0.2) is 0 Å². The van der Waals surface area contributed by atoms with E-state index in [0.717, 1.165) is 5.56 Å². The van der Waals surface area contributed by atoms with Crippen molar-refractivity contribution in [3.63, 3.8) is 0 Å². The minimum absolute atomic E-state index is 0.253. The number of hydrogen-bond donors (Lipinski definition) is 1. The van der Waals surface area contributed by atoms with Crippen molar-refractivity contribution in [2.75, 3.05) is 12.8 Å². The van der Waals surface area contributed by atoms with Gasteiger partial charge in [-0.3, -0.25) is 0 Å². The van der Waals surface area contributed by atoms with Gasteiger partial charge in [0.05, 0.1) is 25.5 Å². The Morgan fingerprint density at radius 3 is 2.44 bits per heavy atom. The van der Waals surface area contributed by atoms with E-state index in [9.17, 15) is 0 Å². The molecule has 1 rings (SSSR count). The van der Waals surface area contributed by atoms with E-state index in [1.807, 2.05) is 18.2 Å². The Morgan fingerprint density at radius 1 is 1.25 bits per heavy atom. The van der Waals surface area contributed by atoms with E-state index in [-0.39, 0.29) is 6.10 Å². The monoisotopic (exact) mass is 223 g/mol. The van der Waals surface area contributed by atoms with Gasteiger partial charge in [-0.1, -0.05) is 19.9 Å². The zero-order valence-electron chi connectivity index (χ0n) is 10.5. The fourth-order valence-corrected chi connectivity index (χ4v) is 1.29. The molecule has 0 aromatic heterocycles. The molecule has 1 unspecified atom stereocenters. The Balaban J connectivity index is 2.58. The van der Waals surface area contributed by atoms with Crippen LogP contribution in [0.25, 0.3) is 0 Å². The molecule has 0 saturated carbocycles. The van der Waals surface area contributed by atoms with E-state index < -0.39 is 0 Å². The van der Waals surface area contributed by atoms with Gasteiger partial charge in [-0.05, 0) is 30.5 Å². The van der Waals surface area contributed by atoms with E-state index in [4.69, 9.17) is 15.2 Å². The van der Waals surface area contributed by atoms with E-state index in [1.54, 1.807) is 7.11 Å². The fourth-order valence-electron chi connectivity index (χ4n) is 1.29.